The molecule has 7 heteroatoms. The minimum absolute atomic E-state index is 0.0954. The Labute approximate surface area is 188 Å². The molecule has 0 aliphatic heterocycles. The summed E-state index contributed by atoms with van der Waals surface area (Å²) in [4.78, 5) is 27.2. The average molecular weight is 435 g/mol. The fraction of sp³-hybridized carbons (Fsp3) is 0.360. The summed E-state index contributed by atoms with van der Waals surface area (Å²) < 4.78 is 5.65. The second-order valence-electron chi connectivity index (χ2n) is 7.61. The van der Waals surface area contributed by atoms with E-state index in [-0.39, 0.29) is 30.0 Å². The number of hydrogen-bond acceptors (Lipinski definition) is 5. The van der Waals surface area contributed by atoms with E-state index in [0.29, 0.717) is 19.0 Å². The number of aromatic amines is 1. The molecule has 0 atom stereocenters. The fourth-order valence-corrected chi connectivity index (χ4v) is 3.18. The van der Waals surface area contributed by atoms with Gasteiger partial charge >= 0.3 is 0 Å². The summed E-state index contributed by atoms with van der Waals surface area (Å²) in [5.74, 6) is 1.08. The largest absolute Gasteiger partial charge is 0.494 e. The molecule has 0 aliphatic carbocycles. The Morgan fingerprint density at radius 3 is 2.50 bits per heavy atom. The van der Waals surface area contributed by atoms with Crippen molar-refractivity contribution in [3.05, 3.63) is 76.2 Å². The van der Waals surface area contributed by atoms with E-state index in [4.69, 9.17) is 4.74 Å². The Balaban J connectivity index is 1.44. The lowest BCUT2D eigenvalue weighted by molar-refractivity contribution is -0.121. The number of H-pyrrole nitrogens is 1. The van der Waals surface area contributed by atoms with Crippen molar-refractivity contribution in [1.29, 1.82) is 0 Å². The van der Waals surface area contributed by atoms with E-state index < -0.39 is 0 Å². The number of nitrogens with zero attached hydrogens (tertiary/aromatic N) is 2. The van der Waals surface area contributed by atoms with Crippen molar-refractivity contribution in [1.82, 2.24) is 20.5 Å². The maximum Gasteiger partial charge on any atom is 0.273 e. The van der Waals surface area contributed by atoms with E-state index >= 15 is 0 Å². The van der Waals surface area contributed by atoms with Gasteiger partial charge in [0, 0.05) is 24.9 Å². The highest BCUT2D eigenvalue weighted by Gasteiger charge is 2.09. The van der Waals surface area contributed by atoms with E-state index in [1.54, 1.807) is 0 Å². The van der Waals surface area contributed by atoms with Crippen LogP contribution in [0.5, 0.6) is 5.75 Å². The maximum absolute atomic E-state index is 12.4. The molecule has 0 aliphatic rings. The van der Waals surface area contributed by atoms with Gasteiger partial charge < -0.3 is 15.0 Å². The van der Waals surface area contributed by atoms with Gasteiger partial charge in [-0.3, -0.25) is 9.59 Å². The third kappa shape index (κ3) is 7.34. The Kier molecular flexibility index (Phi) is 8.98. The minimum atomic E-state index is -0.324. The number of benzene rings is 2. The van der Waals surface area contributed by atoms with Crippen molar-refractivity contribution in [2.24, 2.45) is 0 Å². The zero-order valence-electron chi connectivity index (χ0n) is 18.5. The van der Waals surface area contributed by atoms with Gasteiger partial charge in [0.2, 0.25) is 5.91 Å². The van der Waals surface area contributed by atoms with Crippen molar-refractivity contribution in [3.63, 3.8) is 0 Å². The molecule has 0 spiro atoms. The van der Waals surface area contributed by atoms with Gasteiger partial charge in [0.25, 0.3) is 5.56 Å². The molecule has 32 heavy (non-hydrogen) atoms. The molecule has 1 amide bonds. The van der Waals surface area contributed by atoms with Crippen LogP contribution in [0, 0.1) is 0 Å². The van der Waals surface area contributed by atoms with Crippen LogP contribution in [-0.4, -0.2) is 34.2 Å². The number of rotatable bonds is 12. The van der Waals surface area contributed by atoms with Crippen molar-refractivity contribution < 1.29 is 9.53 Å². The van der Waals surface area contributed by atoms with Gasteiger partial charge in [-0.15, -0.1) is 10.2 Å². The molecule has 2 N–H and O–H groups in total. The quantitative estimate of drug-likeness (QED) is 0.424. The Morgan fingerprint density at radius 2 is 1.78 bits per heavy atom. The molecule has 0 radical (unpaired) electrons. The number of carbonyl (C=O) groups is 1. The summed E-state index contributed by atoms with van der Waals surface area (Å²) in [5, 5.41) is 11.1. The van der Waals surface area contributed by atoms with E-state index in [9.17, 15) is 9.59 Å². The number of unbranched alkanes of at least 4 members (excludes halogenated alkanes) is 1. The fourth-order valence-electron chi connectivity index (χ4n) is 3.18. The standard InChI is InChI=1S/C25H30N4O3/c1-2-3-18-32-21-13-11-20(12-14-21)24-27-25(31)22(28-29-24)15-16-23(30)26-17-7-10-19-8-5-4-6-9-19/h4-6,8-9,11-14H,2-3,7,10,15-18H2,1H3,(H,26,30)(H,27,29,31). The van der Waals surface area contributed by atoms with E-state index in [0.717, 1.165) is 37.0 Å². The highest BCUT2D eigenvalue weighted by molar-refractivity contribution is 5.76. The third-order valence-corrected chi connectivity index (χ3v) is 5.06. The summed E-state index contributed by atoms with van der Waals surface area (Å²) in [6, 6.07) is 17.5. The summed E-state index contributed by atoms with van der Waals surface area (Å²) in [7, 11) is 0. The van der Waals surface area contributed by atoms with Crippen molar-refractivity contribution in [3.8, 4) is 17.1 Å². The summed E-state index contributed by atoms with van der Waals surface area (Å²) in [6.07, 6.45) is 4.32. The first-order valence-electron chi connectivity index (χ1n) is 11.2. The smallest absolute Gasteiger partial charge is 0.273 e. The zero-order chi connectivity index (χ0) is 22.6. The van der Waals surface area contributed by atoms with Crippen LogP contribution >= 0.6 is 0 Å². The van der Waals surface area contributed by atoms with Gasteiger partial charge in [-0.1, -0.05) is 43.7 Å². The lowest BCUT2D eigenvalue weighted by Crippen LogP contribution is -2.26. The third-order valence-electron chi connectivity index (χ3n) is 5.06. The van der Waals surface area contributed by atoms with Gasteiger partial charge in [0.15, 0.2) is 5.82 Å². The number of aromatic nitrogens is 3. The molecule has 168 valence electrons. The first-order valence-corrected chi connectivity index (χ1v) is 11.2. The number of nitrogens with one attached hydrogen (secondary N) is 2. The average Bonchev–Trinajstić information content (AvgIpc) is 2.82. The first-order chi connectivity index (χ1) is 15.7. The van der Waals surface area contributed by atoms with Crippen LogP contribution in [0.2, 0.25) is 0 Å². The molecule has 0 fully saturated rings. The van der Waals surface area contributed by atoms with Crippen LogP contribution in [0.15, 0.2) is 59.4 Å². The van der Waals surface area contributed by atoms with Crippen LogP contribution in [0.4, 0.5) is 0 Å². The van der Waals surface area contributed by atoms with Crippen LogP contribution < -0.4 is 15.6 Å². The molecule has 0 bridgehead atoms. The molecule has 0 saturated carbocycles. The highest BCUT2D eigenvalue weighted by Crippen LogP contribution is 2.18. The lowest BCUT2D eigenvalue weighted by Gasteiger charge is -2.07. The summed E-state index contributed by atoms with van der Waals surface area (Å²) in [5.41, 5.74) is 1.94. The van der Waals surface area contributed by atoms with Gasteiger partial charge in [-0.2, -0.15) is 0 Å². The highest BCUT2D eigenvalue weighted by atomic mass is 16.5. The topological polar surface area (TPSA) is 97.0 Å². The molecule has 3 rings (SSSR count). The number of ether oxygens (including phenoxy) is 1. The van der Waals surface area contributed by atoms with Gasteiger partial charge in [-0.25, -0.2) is 0 Å². The molecule has 1 aromatic heterocycles. The summed E-state index contributed by atoms with van der Waals surface area (Å²) >= 11 is 0. The number of amides is 1. The van der Waals surface area contributed by atoms with Crippen molar-refractivity contribution >= 4 is 5.91 Å². The van der Waals surface area contributed by atoms with Crippen LogP contribution in [0.25, 0.3) is 11.4 Å². The molecule has 7 nitrogen and oxygen atoms in total. The molecular formula is C25H30N4O3. The number of hydrogen-bond donors (Lipinski definition) is 2. The lowest BCUT2D eigenvalue weighted by atomic mass is 10.1. The Bertz CT molecular complexity index is 1030. The van der Waals surface area contributed by atoms with Crippen LogP contribution in [0.1, 0.15) is 43.9 Å². The predicted octanol–water partition coefficient (Wildman–Crippen LogP) is 3.69. The SMILES string of the molecule is CCCCOc1ccc(-c2nnc(CCC(=O)NCCCc3ccccc3)c(=O)[nH]2)cc1. The molecule has 3 aromatic rings. The van der Waals surface area contributed by atoms with Crippen LogP contribution in [0.3, 0.4) is 0 Å². The minimum Gasteiger partial charge on any atom is -0.494 e. The molecular weight excluding hydrogens is 404 g/mol. The molecule has 0 unspecified atom stereocenters. The summed E-state index contributed by atoms with van der Waals surface area (Å²) in [6.45, 7) is 3.40. The van der Waals surface area contributed by atoms with Crippen molar-refractivity contribution in [2.45, 2.75) is 45.4 Å². The van der Waals surface area contributed by atoms with Crippen molar-refractivity contribution in [2.75, 3.05) is 13.2 Å². The van der Waals surface area contributed by atoms with E-state index in [1.807, 2.05) is 42.5 Å². The van der Waals surface area contributed by atoms with E-state index in [1.165, 1.54) is 5.56 Å². The second kappa shape index (κ2) is 12.4. The predicted molar refractivity (Wildman–Crippen MR) is 125 cm³/mol. The monoisotopic (exact) mass is 434 g/mol. The Hall–Kier alpha value is -3.48. The van der Waals surface area contributed by atoms with Gasteiger partial charge in [0.1, 0.15) is 11.4 Å². The van der Waals surface area contributed by atoms with Crippen LogP contribution in [-0.2, 0) is 17.6 Å². The van der Waals surface area contributed by atoms with E-state index in [2.05, 4.69) is 39.6 Å². The maximum atomic E-state index is 12.4. The Morgan fingerprint density at radius 1 is 1.00 bits per heavy atom. The van der Waals surface area contributed by atoms with Gasteiger partial charge in [-0.05, 0) is 49.1 Å². The number of aryl methyl sites for hydroxylation is 2. The molecule has 2 aromatic carbocycles. The second-order valence-corrected chi connectivity index (χ2v) is 7.61. The molecule has 0 saturated heterocycles. The molecule has 1 heterocycles. The normalized spacial score (nSPS) is 10.7. The first kappa shape index (κ1) is 23.2. The van der Waals surface area contributed by atoms with Gasteiger partial charge in [0.05, 0.1) is 6.61 Å². The number of carbonyl (C=O) groups excluding carboxylic acids is 1. The zero-order valence-corrected chi connectivity index (χ0v) is 18.5.